The van der Waals surface area contributed by atoms with E-state index in [0.29, 0.717) is 12.4 Å². The Bertz CT molecular complexity index is 1530. The van der Waals surface area contributed by atoms with Crippen molar-refractivity contribution < 1.29 is 23.4 Å². The van der Waals surface area contributed by atoms with Gasteiger partial charge < -0.3 is 19.7 Å². The van der Waals surface area contributed by atoms with Gasteiger partial charge in [0.1, 0.15) is 11.3 Å². The Morgan fingerprint density at radius 3 is 2.61 bits per heavy atom. The molecule has 0 bridgehead atoms. The van der Waals surface area contributed by atoms with Crippen LogP contribution in [0.4, 0.5) is 8.78 Å². The number of carbonyl (C=O) groups excluding carboxylic acids is 1. The van der Waals surface area contributed by atoms with Crippen LogP contribution >= 0.6 is 0 Å². The molecule has 2 aromatic heterocycles. The molecule has 2 aromatic carbocycles. The van der Waals surface area contributed by atoms with Gasteiger partial charge in [0.15, 0.2) is 11.6 Å². The standard InChI is InChI=1S/C29H29F2N3O4/c1-29(2,3)17-38-26-10-11-32-24-9-6-18(13-21(24)26)15-33-27(36)20-5-4-12-34(28(20)37)25(16-35)19-7-8-22(30)23(31)14-19/h4-14,25,35H,15-17H2,1-3H3,(H,33,36). The highest BCUT2D eigenvalue weighted by atomic mass is 19.2. The number of hydrogen-bond acceptors (Lipinski definition) is 5. The van der Waals surface area contributed by atoms with Crippen molar-refractivity contribution in [1.82, 2.24) is 14.9 Å². The molecule has 0 saturated heterocycles. The molecule has 1 unspecified atom stereocenters. The average Bonchev–Trinajstić information content (AvgIpc) is 2.88. The Hall–Kier alpha value is -4.11. The van der Waals surface area contributed by atoms with Gasteiger partial charge in [-0.1, -0.05) is 32.9 Å². The molecule has 1 atom stereocenters. The third-order valence-corrected chi connectivity index (χ3v) is 5.94. The number of carbonyl (C=O) groups is 1. The predicted molar refractivity (Wildman–Crippen MR) is 140 cm³/mol. The molecular weight excluding hydrogens is 492 g/mol. The molecule has 0 aliphatic rings. The van der Waals surface area contributed by atoms with E-state index in [4.69, 9.17) is 4.74 Å². The van der Waals surface area contributed by atoms with E-state index < -0.39 is 35.7 Å². The third-order valence-electron chi connectivity index (χ3n) is 5.94. The van der Waals surface area contributed by atoms with Gasteiger partial charge in [-0.15, -0.1) is 0 Å². The fourth-order valence-corrected chi connectivity index (χ4v) is 3.98. The lowest BCUT2D eigenvalue weighted by Crippen LogP contribution is -2.35. The molecule has 0 aliphatic carbocycles. The number of amides is 1. The highest BCUT2D eigenvalue weighted by molar-refractivity contribution is 5.94. The number of rotatable bonds is 8. The van der Waals surface area contributed by atoms with E-state index in [2.05, 4.69) is 31.1 Å². The number of halogens is 2. The van der Waals surface area contributed by atoms with E-state index in [-0.39, 0.29) is 23.1 Å². The van der Waals surface area contributed by atoms with Crippen molar-refractivity contribution in [2.24, 2.45) is 5.41 Å². The van der Waals surface area contributed by atoms with Gasteiger partial charge in [0.05, 0.1) is 24.8 Å². The number of pyridine rings is 2. The first-order chi connectivity index (χ1) is 18.1. The Morgan fingerprint density at radius 1 is 1.11 bits per heavy atom. The number of nitrogens with one attached hydrogen (secondary N) is 1. The quantitative estimate of drug-likeness (QED) is 0.353. The van der Waals surface area contributed by atoms with E-state index in [0.717, 1.165) is 33.2 Å². The molecule has 9 heteroatoms. The van der Waals surface area contributed by atoms with Crippen molar-refractivity contribution in [2.45, 2.75) is 33.4 Å². The fourth-order valence-electron chi connectivity index (χ4n) is 3.98. The zero-order valence-corrected chi connectivity index (χ0v) is 21.4. The molecule has 2 N–H and O–H groups in total. The number of hydrogen-bond donors (Lipinski definition) is 2. The van der Waals surface area contributed by atoms with Gasteiger partial charge in [0.2, 0.25) is 0 Å². The van der Waals surface area contributed by atoms with E-state index in [1.165, 1.54) is 24.4 Å². The van der Waals surface area contributed by atoms with Crippen LogP contribution in [0.5, 0.6) is 5.75 Å². The van der Waals surface area contributed by atoms with Gasteiger partial charge in [0.25, 0.3) is 11.5 Å². The number of ether oxygens (including phenoxy) is 1. The van der Waals surface area contributed by atoms with E-state index >= 15 is 0 Å². The molecule has 4 aromatic rings. The molecule has 1 amide bonds. The van der Waals surface area contributed by atoms with E-state index in [1.807, 2.05) is 18.2 Å². The van der Waals surface area contributed by atoms with Crippen LogP contribution in [0.3, 0.4) is 0 Å². The Kier molecular flexibility index (Phi) is 7.87. The summed E-state index contributed by atoms with van der Waals surface area (Å²) in [6.45, 7) is 6.34. The minimum atomic E-state index is -1.10. The Balaban J connectivity index is 1.54. The third kappa shape index (κ3) is 6.06. The van der Waals surface area contributed by atoms with Crippen molar-refractivity contribution in [3.63, 3.8) is 0 Å². The minimum Gasteiger partial charge on any atom is -0.492 e. The largest absolute Gasteiger partial charge is 0.492 e. The number of aliphatic hydroxyl groups excluding tert-OH is 1. The van der Waals surface area contributed by atoms with Crippen LogP contribution in [0.1, 0.15) is 48.3 Å². The lowest BCUT2D eigenvalue weighted by Gasteiger charge is -2.20. The first-order valence-corrected chi connectivity index (χ1v) is 12.1. The normalized spacial score (nSPS) is 12.4. The second kappa shape index (κ2) is 11.1. The second-order valence-electron chi connectivity index (χ2n) is 10.2. The highest BCUT2D eigenvalue weighted by Crippen LogP contribution is 2.27. The zero-order valence-electron chi connectivity index (χ0n) is 21.4. The smallest absolute Gasteiger partial charge is 0.264 e. The van der Waals surface area contributed by atoms with Crippen LogP contribution in [0.25, 0.3) is 10.9 Å². The molecule has 4 rings (SSSR count). The fraction of sp³-hybridized carbons (Fsp3) is 0.276. The van der Waals surface area contributed by atoms with Crippen molar-refractivity contribution in [2.75, 3.05) is 13.2 Å². The maximum Gasteiger partial charge on any atom is 0.264 e. The number of benzene rings is 2. The SMILES string of the molecule is CC(C)(C)COc1ccnc2ccc(CNC(=O)c3cccn(C(CO)c4ccc(F)c(F)c4)c3=O)cc12. The summed E-state index contributed by atoms with van der Waals surface area (Å²) in [4.78, 5) is 30.4. The van der Waals surface area contributed by atoms with Gasteiger partial charge in [0, 0.05) is 24.3 Å². The number of aromatic nitrogens is 2. The van der Waals surface area contributed by atoms with Gasteiger partial charge in [-0.25, -0.2) is 8.78 Å². The average molecular weight is 522 g/mol. The summed E-state index contributed by atoms with van der Waals surface area (Å²) in [5, 5.41) is 13.5. The summed E-state index contributed by atoms with van der Waals surface area (Å²) in [5.41, 5.74) is 0.888. The summed E-state index contributed by atoms with van der Waals surface area (Å²) in [6, 6.07) is 12.3. The number of aliphatic hydroxyl groups is 1. The molecule has 0 fully saturated rings. The second-order valence-corrected chi connectivity index (χ2v) is 10.2. The summed E-state index contributed by atoms with van der Waals surface area (Å²) in [5.74, 6) is -2.05. The van der Waals surface area contributed by atoms with Gasteiger partial charge >= 0.3 is 0 Å². The lowest BCUT2D eigenvalue weighted by atomic mass is 9.98. The molecule has 7 nitrogen and oxygen atoms in total. The number of fused-ring (bicyclic) bond motifs is 1. The van der Waals surface area contributed by atoms with Crippen molar-refractivity contribution in [1.29, 1.82) is 0 Å². The molecule has 38 heavy (non-hydrogen) atoms. The zero-order chi connectivity index (χ0) is 27.4. The molecule has 2 heterocycles. The minimum absolute atomic E-state index is 0.0241. The highest BCUT2D eigenvalue weighted by Gasteiger charge is 2.20. The molecule has 0 aliphatic heterocycles. The Labute approximate surface area is 218 Å². The van der Waals surface area contributed by atoms with Crippen LogP contribution in [0.2, 0.25) is 0 Å². The Morgan fingerprint density at radius 2 is 1.89 bits per heavy atom. The first-order valence-electron chi connectivity index (χ1n) is 12.1. The summed E-state index contributed by atoms with van der Waals surface area (Å²) < 4.78 is 34.3. The molecule has 0 radical (unpaired) electrons. The van der Waals surface area contributed by atoms with Crippen LogP contribution in [0, 0.1) is 17.0 Å². The maximum atomic E-state index is 13.8. The van der Waals surface area contributed by atoms with Gasteiger partial charge in [-0.05, 0) is 59.0 Å². The maximum absolute atomic E-state index is 13.8. The van der Waals surface area contributed by atoms with Crippen molar-refractivity contribution in [3.05, 3.63) is 106 Å². The van der Waals surface area contributed by atoms with E-state index in [9.17, 15) is 23.5 Å². The first kappa shape index (κ1) is 26.9. The van der Waals surface area contributed by atoms with E-state index in [1.54, 1.807) is 12.3 Å². The number of nitrogens with zero attached hydrogens (tertiary/aromatic N) is 2. The van der Waals surface area contributed by atoms with Gasteiger partial charge in [-0.2, -0.15) is 0 Å². The lowest BCUT2D eigenvalue weighted by molar-refractivity contribution is 0.0948. The van der Waals surface area contributed by atoms with Crippen molar-refractivity contribution >= 4 is 16.8 Å². The molecule has 0 saturated carbocycles. The van der Waals surface area contributed by atoms with Gasteiger partial charge in [-0.3, -0.25) is 14.6 Å². The monoisotopic (exact) mass is 521 g/mol. The van der Waals surface area contributed by atoms with Crippen LogP contribution in [0.15, 0.2) is 71.8 Å². The van der Waals surface area contributed by atoms with Crippen molar-refractivity contribution in [3.8, 4) is 5.75 Å². The van der Waals surface area contributed by atoms with Crippen LogP contribution in [-0.2, 0) is 6.54 Å². The summed E-state index contributed by atoms with van der Waals surface area (Å²) >= 11 is 0. The van der Waals surface area contributed by atoms with Crippen LogP contribution < -0.4 is 15.6 Å². The molecule has 0 spiro atoms. The summed E-state index contributed by atoms with van der Waals surface area (Å²) in [7, 11) is 0. The predicted octanol–water partition coefficient (Wildman–Crippen LogP) is 4.61. The van der Waals surface area contributed by atoms with Crippen LogP contribution in [-0.4, -0.2) is 33.8 Å². The molecule has 198 valence electrons. The topological polar surface area (TPSA) is 93.4 Å². The molecular formula is C29H29F2N3O4. The summed E-state index contributed by atoms with van der Waals surface area (Å²) in [6.07, 6.45) is 3.07.